The molecule has 1 amide bonds. The Labute approximate surface area is 211 Å². The van der Waals surface area contributed by atoms with E-state index in [0.29, 0.717) is 39.7 Å². The molecule has 182 valence electrons. The molecule has 0 spiro atoms. The molecule has 2 heterocycles. The summed E-state index contributed by atoms with van der Waals surface area (Å²) in [5.41, 5.74) is 8.00. The molecule has 0 aliphatic carbocycles. The van der Waals surface area contributed by atoms with Crippen LogP contribution in [-0.4, -0.2) is 32.1 Å². The van der Waals surface area contributed by atoms with Crippen molar-refractivity contribution in [3.05, 3.63) is 95.7 Å². The van der Waals surface area contributed by atoms with Gasteiger partial charge in [-0.25, -0.2) is 19.3 Å². The van der Waals surface area contributed by atoms with Crippen molar-refractivity contribution in [3.63, 3.8) is 0 Å². The number of nitriles is 1. The number of para-hydroxylation sites is 1. The van der Waals surface area contributed by atoms with Crippen molar-refractivity contribution in [3.8, 4) is 28.9 Å². The zero-order valence-electron chi connectivity index (χ0n) is 19.8. The van der Waals surface area contributed by atoms with Crippen LogP contribution in [-0.2, 0) is 4.79 Å². The van der Waals surface area contributed by atoms with Gasteiger partial charge >= 0.3 is 5.69 Å². The van der Waals surface area contributed by atoms with Gasteiger partial charge in [-0.2, -0.15) is 5.26 Å². The van der Waals surface area contributed by atoms with Gasteiger partial charge in [-0.15, -0.1) is 0 Å². The standard InChI is InChI=1S/C27H21N7O3/c1-32(23(35)14-15-28)19-6-5-7-20(16-19)34-26-24(25(29)30-17-31-26)33(27(34)36)18-10-12-22(13-11-18)37-21-8-3-2-4-9-21/h2-13,16-17H,14H2,1H3,(H2,29,30,31). The van der Waals surface area contributed by atoms with E-state index >= 15 is 0 Å². The Morgan fingerprint density at radius 2 is 1.70 bits per heavy atom. The number of rotatable bonds is 6. The fourth-order valence-electron chi connectivity index (χ4n) is 3.98. The van der Waals surface area contributed by atoms with E-state index in [2.05, 4.69) is 9.97 Å². The zero-order chi connectivity index (χ0) is 25.9. The van der Waals surface area contributed by atoms with Gasteiger partial charge in [0.05, 0.1) is 17.4 Å². The molecule has 5 aromatic rings. The first kappa shape index (κ1) is 23.3. The van der Waals surface area contributed by atoms with Crippen molar-refractivity contribution in [1.29, 1.82) is 5.26 Å². The van der Waals surface area contributed by atoms with E-state index in [1.54, 1.807) is 55.6 Å². The maximum atomic E-state index is 13.8. The van der Waals surface area contributed by atoms with Crippen molar-refractivity contribution in [2.45, 2.75) is 6.42 Å². The SMILES string of the molecule is CN(C(=O)CC#N)c1cccc(-n2c(=O)n(-c3ccc(Oc4ccccc4)cc3)c3c(N)ncnc32)c1. The molecule has 0 saturated heterocycles. The number of amides is 1. The first-order chi connectivity index (χ1) is 18.0. The van der Waals surface area contributed by atoms with Crippen molar-refractivity contribution < 1.29 is 9.53 Å². The average molecular weight is 492 g/mol. The second kappa shape index (κ2) is 9.67. The third-order valence-corrected chi connectivity index (χ3v) is 5.80. The molecular formula is C27H21N7O3. The third-order valence-electron chi connectivity index (χ3n) is 5.80. The summed E-state index contributed by atoms with van der Waals surface area (Å²) in [6.07, 6.45) is 1.04. The second-order valence-corrected chi connectivity index (χ2v) is 8.10. The van der Waals surface area contributed by atoms with E-state index in [4.69, 9.17) is 15.7 Å². The Morgan fingerprint density at radius 3 is 2.43 bits per heavy atom. The maximum absolute atomic E-state index is 13.8. The van der Waals surface area contributed by atoms with Crippen LogP contribution >= 0.6 is 0 Å². The Morgan fingerprint density at radius 1 is 0.973 bits per heavy atom. The minimum absolute atomic E-state index is 0.142. The van der Waals surface area contributed by atoms with Crippen molar-refractivity contribution >= 4 is 28.6 Å². The Balaban J connectivity index is 1.60. The lowest BCUT2D eigenvalue weighted by atomic mass is 10.2. The number of nitrogens with two attached hydrogens (primary N) is 1. The molecule has 0 saturated carbocycles. The van der Waals surface area contributed by atoms with E-state index < -0.39 is 5.69 Å². The summed E-state index contributed by atoms with van der Waals surface area (Å²) in [4.78, 5) is 35.8. The van der Waals surface area contributed by atoms with Crippen molar-refractivity contribution in [1.82, 2.24) is 19.1 Å². The molecule has 0 radical (unpaired) electrons. The predicted octanol–water partition coefficient (Wildman–Crippen LogP) is 3.82. The Kier molecular flexibility index (Phi) is 6.10. The number of nitrogen functional groups attached to an aromatic ring is 1. The van der Waals surface area contributed by atoms with Crippen LogP contribution in [0.25, 0.3) is 22.5 Å². The highest BCUT2D eigenvalue weighted by atomic mass is 16.5. The molecule has 5 rings (SSSR count). The number of hydrogen-bond acceptors (Lipinski definition) is 7. The number of aromatic nitrogens is 4. The van der Waals surface area contributed by atoms with E-state index in [0.717, 1.165) is 0 Å². The highest BCUT2D eigenvalue weighted by Crippen LogP contribution is 2.27. The van der Waals surface area contributed by atoms with Crippen molar-refractivity contribution in [2.24, 2.45) is 0 Å². The van der Waals surface area contributed by atoms with E-state index in [9.17, 15) is 9.59 Å². The number of anilines is 2. The van der Waals surface area contributed by atoms with Gasteiger partial charge < -0.3 is 15.4 Å². The molecule has 2 N–H and O–H groups in total. The molecule has 3 aromatic carbocycles. The summed E-state index contributed by atoms with van der Waals surface area (Å²) in [6, 6.07) is 25.1. The van der Waals surface area contributed by atoms with Crippen molar-refractivity contribution in [2.75, 3.05) is 17.7 Å². The summed E-state index contributed by atoms with van der Waals surface area (Å²) < 4.78 is 8.71. The maximum Gasteiger partial charge on any atom is 0.339 e. The van der Waals surface area contributed by atoms with Gasteiger partial charge in [0.2, 0.25) is 5.91 Å². The molecule has 37 heavy (non-hydrogen) atoms. The number of nitrogens with zero attached hydrogens (tertiary/aromatic N) is 6. The molecular weight excluding hydrogens is 470 g/mol. The van der Waals surface area contributed by atoms with Gasteiger partial charge in [-0.1, -0.05) is 24.3 Å². The minimum Gasteiger partial charge on any atom is -0.457 e. The molecule has 0 aliphatic rings. The van der Waals surface area contributed by atoms with E-state index in [1.165, 1.54) is 20.4 Å². The topological polar surface area (TPSA) is 132 Å². The average Bonchev–Trinajstić information content (AvgIpc) is 3.22. The Hall–Kier alpha value is -5.43. The first-order valence-corrected chi connectivity index (χ1v) is 11.3. The number of carbonyl (C=O) groups is 1. The number of imidazole rings is 1. The number of ether oxygens (including phenoxy) is 1. The van der Waals surface area contributed by atoms with Gasteiger partial charge in [0.25, 0.3) is 0 Å². The van der Waals surface area contributed by atoms with Crippen LogP contribution in [0.4, 0.5) is 11.5 Å². The molecule has 0 atom stereocenters. The number of benzene rings is 3. The summed E-state index contributed by atoms with van der Waals surface area (Å²) in [5.74, 6) is 1.08. The summed E-state index contributed by atoms with van der Waals surface area (Å²) in [5, 5.41) is 8.87. The van der Waals surface area contributed by atoms with Gasteiger partial charge in [0.1, 0.15) is 29.8 Å². The molecule has 0 fully saturated rings. The fraction of sp³-hybridized carbons (Fsp3) is 0.0741. The lowest BCUT2D eigenvalue weighted by molar-refractivity contribution is -0.117. The summed E-state index contributed by atoms with van der Waals surface area (Å²) in [6.45, 7) is 0. The summed E-state index contributed by atoms with van der Waals surface area (Å²) in [7, 11) is 1.57. The van der Waals surface area contributed by atoms with Gasteiger partial charge in [0.15, 0.2) is 11.5 Å². The van der Waals surface area contributed by atoms with Gasteiger partial charge in [-0.3, -0.25) is 9.36 Å². The highest BCUT2D eigenvalue weighted by molar-refractivity contribution is 5.94. The molecule has 0 aliphatic heterocycles. The Bertz CT molecular complexity index is 1700. The van der Waals surface area contributed by atoms with Gasteiger partial charge in [-0.05, 0) is 54.6 Å². The number of fused-ring (bicyclic) bond motifs is 1. The zero-order valence-corrected chi connectivity index (χ0v) is 19.8. The van der Waals surface area contributed by atoms with Crippen LogP contribution in [0, 0.1) is 11.3 Å². The minimum atomic E-state index is -0.415. The second-order valence-electron chi connectivity index (χ2n) is 8.10. The highest BCUT2D eigenvalue weighted by Gasteiger charge is 2.21. The van der Waals surface area contributed by atoms with E-state index in [-0.39, 0.29) is 18.1 Å². The summed E-state index contributed by atoms with van der Waals surface area (Å²) >= 11 is 0. The molecule has 2 aromatic heterocycles. The van der Waals surface area contributed by atoms with E-state index in [1.807, 2.05) is 36.4 Å². The lowest BCUT2D eigenvalue weighted by Crippen LogP contribution is -2.26. The molecule has 10 nitrogen and oxygen atoms in total. The van der Waals surface area contributed by atoms with Crippen LogP contribution in [0.1, 0.15) is 6.42 Å². The van der Waals surface area contributed by atoms with Gasteiger partial charge in [0, 0.05) is 12.7 Å². The number of carbonyl (C=O) groups excluding carboxylic acids is 1. The quantitative estimate of drug-likeness (QED) is 0.382. The van der Waals surface area contributed by atoms with Crippen LogP contribution in [0.15, 0.2) is 90.0 Å². The lowest BCUT2D eigenvalue weighted by Gasteiger charge is -2.16. The molecule has 0 bridgehead atoms. The third kappa shape index (κ3) is 4.37. The van der Waals surface area contributed by atoms with Crippen LogP contribution in [0.5, 0.6) is 11.5 Å². The van der Waals surface area contributed by atoms with Crippen LogP contribution in [0.3, 0.4) is 0 Å². The first-order valence-electron chi connectivity index (χ1n) is 11.3. The molecule has 10 heteroatoms. The van der Waals surface area contributed by atoms with Crippen LogP contribution < -0.4 is 21.1 Å². The van der Waals surface area contributed by atoms with Crippen LogP contribution in [0.2, 0.25) is 0 Å². The molecule has 0 unspecified atom stereocenters. The normalized spacial score (nSPS) is 10.7. The number of hydrogen-bond donors (Lipinski definition) is 1. The fourth-order valence-corrected chi connectivity index (χ4v) is 3.98. The predicted molar refractivity (Wildman–Crippen MR) is 139 cm³/mol. The smallest absolute Gasteiger partial charge is 0.339 e. The largest absolute Gasteiger partial charge is 0.457 e. The monoisotopic (exact) mass is 491 g/mol.